The molecular formula is C53H75BrN12O5Si2. The number of piperidine rings is 2. The van der Waals surface area contributed by atoms with Gasteiger partial charge in [0.1, 0.15) is 66.2 Å². The van der Waals surface area contributed by atoms with Gasteiger partial charge >= 0.3 is 5.97 Å². The van der Waals surface area contributed by atoms with Gasteiger partial charge in [-0.3, -0.25) is 0 Å². The van der Waals surface area contributed by atoms with E-state index in [-0.39, 0.29) is 23.4 Å². The molecule has 0 aromatic carbocycles. The zero-order valence-corrected chi connectivity index (χ0v) is 47.9. The number of anilines is 4. The zero-order chi connectivity index (χ0) is 51.7. The van der Waals surface area contributed by atoms with E-state index in [1.807, 2.05) is 18.3 Å². The number of aliphatic hydroxyl groups is 1. The van der Waals surface area contributed by atoms with E-state index >= 15 is 0 Å². The molecule has 73 heavy (non-hydrogen) atoms. The standard InChI is InChI=1S/C27H37BrN6O3Si.C26H38N6O2Si/c1-27-15-32(23-21-7-9-33(24(21)31-17-30-23)18-37-10-11-38(3,4)5)8-6-19(27)14-34(16-27)25-22(26(35)36-2)12-20(28)13-29-25;1-26-16-30(10-7-21(26)14-32(17-26)23-20(15-33)6-5-9-27-23)24-22-8-11-31(25(22)29-18-28-24)19-34-12-13-35(2,3)4/h7,9,12-13,17,19H,6,8,10-11,14-16,18H2,1-5H3;5-6,8-9,11,18,21,33H,7,10,12-17,19H2,1-4H3/t19-,27+;21-,26+/m11/s1. The summed E-state index contributed by atoms with van der Waals surface area (Å²) in [5, 5.41) is 11.9. The number of carbonyl (C=O) groups excluding carboxylic acids is 1. The highest BCUT2D eigenvalue weighted by Crippen LogP contribution is 2.47. The Morgan fingerprint density at radius 1 is 0.699 bits per heavy atom. The van der Waals surface area contributed by atoms with Gasteiger partial charge in [-0.2, -0.15) is 0 Å². The van der Waals surface area contributed by atoms with E-state index in [0.717, 1.165) is 140 Å². The molecule has 1 N–H and O–H groups in total. The van der Waals surface area contributed by atoms with Crippen molar-refractivity contribution in [2.75, 3.05) is 92.3 Å². The molecule has 10 rings (SSSR count). The van der Waals surface area contributed by atoms with E-state index in [9.17, 15) is 9.90 Å². The third kappa shape index (κ3) is 11.8. The average molecular weight is 1100 g/mol. The lowest BCUT2D eigenvalue weighted by Crippen LogP contribution is -2.47. The van der Waals surface area contributed by atoms with Crippen molar-refractivity contribution in [1.29, 1.82) is 0 Å². The summed E-state index contributed by atoms with van der Waals surface area (Å²) in [6.07, 6.45) is 13.2. The van der Waals surface area contributed by atoms with Crippen molar-refractivity contribution in [3.05, 3.63) is 83.4 Å². The third-order valence-corrected chi connectivity index (χ3v) is 19.4. The summed E-state index contributed by atoms with van der Waals surface area (Å²) >= 11 is 3.44. The molecule has 0 unspecified atom stereocenters. The maximum atomic E-state index is 12.5. The Kier molecular flexibility index (Phi) is 15.7. The minimum absolute atomic E-state index is 0.0188. The van der Waals surface area contributed by atoms with Crippen molar-refractivity contribution in [1.82, 2.24) is 39.0 Å². The molecule has 0 spiro atoms. The Labute approximate surface area is 440 Å². The molecule has 17 nitrogen and oxygen atoms in total. The first-order valence-electron chi connectivity index (χ1n) is 25.9. The number of fused-ring (bicyclic) bond motifs is 4. The van der Waals surface area contributed by atoms with Gasteiger partial charge in [0.15, 0.2) is 0 Å². The Morgan fingerprint density at radius 3 is 1.70 bits per heavy atom. The normalized spacial score (nSPS) is 22.2. The number of halogens is 1. The van der Waals surface area contributed by atoms with Crippen molar-refractivity contribution in [3.8, 4) is 0 Å². The summed E-state index contributed by atoms with van der Waals surface area (Å²) in [6.45, 7) is 28.9. The Morgan fingerprint density at radius 2 is 1.21 bits per heavy atom. The number of hydrogen-bond acceptors (Lipinski definition) is 15. The zero-order valence-electron chi connectivity index (χ0n) is 44.4. The molecule has 20 heteroatoms. The van der Waals surface area contributed by atoms with Gasteiger partial charge in [0, 0.05) is 127 Å². The lowest BCUT2D eigenvalue weighted by atomic mass is 9.75. The van der Waals surface area contributed by atoms with Gasteiger partial charge in [-0.15, -0.1) is 0 Å². The fraction of sp³-hybridized carbons (Fsp3) is 0.566. The van der Waals surface area contributed by atoms with E-state index in [1.165, 1.54) is 7.11 Å². The number of nitrogens with zero attached hydrogens (tertiary/aromatic N) is 12. The highest BCUT2D eigenvalue weighted by Gasteiger charge is 2.49. The van der Waals surface area contributed by atoms with Crippen LogP contribution in [0.25, 0.3) is 22.1 Å². The summed E-state index contributed by atoms with van der Waals surface area (Å²) in [5.74, 6) is 4.33. The predicted octanol–water partition coefficient (Wildman–Crippen LogP) is 9.02. The van der Waals surface area contributed by atoms with Crippen molar-refractivity contribution in [2.45, 2.75) is 98.1 Å². The second-order valence-electron chi connectivity index (χ2n) is 23.7. The molecule has 4 atom stereocenters. The van der Waals surface area contributed by atoms with Crippen LogP contribution in [0.2, 0.25) is 51.4 Å². The lowest BCUT2D eigenvalue weighted by molar-refractivity contribution is 0.0600. The summed E-state index contributed by atoms with van der Waals surface area (Å²) < 4.78 is 21.9. The first-order valence-corrected chi connectivity index (χ1v) is 34.1. The Bertz CT molecular complexity index is 2890. The molecule has 6 aromatic rings. The monoisotopic (exact) mass is 1090 g/mol. The topological polar surface area (TPSA) is 165 Å². The second-order valence-corrected chi connectivity index (χ2v) is 35.8. The van der Waals surface area contributed by atoms with Crippen LogP contribution in [0.4, 0.5) is 23.3 Å². The first-order chi connectivity index (χ1) is 34.8. The number of hydrogen-bond donors (Lipinski definition) is 1. The molecule has 392 valence electrons. The van der Waals surface area contributed by atoms with Crippen molar-refractivity contribution < 1.29 is 24.1 Å². The summed E-state index contributed by atoms with van der Waals surface area (Å²) in [4.78, 5) is 49.8. The van der Waals surface area contributed by atoms with Crippen LogP contribution in [0, 0.1) is 22.7 Å². The molecular weight excluding hydrogens is 1020 g/mol. The number of ether oxygens (including phenoxy) is 3. The Hall–Kier alpha value is -5.00. The van der Waals surface area contributed by atoms with Gasteiger partial charge in [0.2, 0.25) is 0 Å². The molecule has 0 bridgehead atoms. The van der Waals surface area contributed by atoms with E-state index in [4.69, 9.17) is 24.2 Å². The molecule has 0 radical (unpaired) electrons. The maximum Gasteiger partial charge on any atom is 0.341 e. The van der Waals surface area contributed by atoms with Gasteiger partial charge in [-0.25, -0.2) is 34.7 Å². The molecule has 4 aliphatic rings. The first kappa shape index (κ1) is 52.9. The number of carbonyl (C=O) groups is 1. The third-order valence-electron chi connectivity index (χ3n) is 15.6. The summed E-state index contributed by atoms with van der Waals surface area (Å²) in [6, 6.07) is 12.2. The maximum absolute atomic E-state index is 12.5. The molecule has 4 fully saturated rings. The smallest absolute Gasteiger partial charge is 0.341 e. The van der Waals surface area contributed by atoms with Crippen LogP contribution in [0.3, 0.4) is 0 Å². The van der Waals surface area contributed by atoms with Gasteiger partial charge < -0.3 is 48.1 Å². The van der Waals surface area contributed by atoms with Crippen LogP contribution >= 0.6 is 15.9 Å². The van der Waals surface area contributed by atoms with E-state index < -0.39 is 16.1 Å². The fourth-order valence-electron chi connectivity index (χ4n) is 11.4. The van der Waals surface area contributed by atoms with Gasteiger partial charge in [-0.1, -0.05) is 59.2 Å². The van der Waals surface area contributed by atoms with E-state index in [0.29, 0.717) is 36.7 Å². The minimum Gasteiger partial charge on any atom is -0.465 e. The molecule has 10 heterocycles. The van der Waals surface area contributed by atoms with Gasteiger partial charge in [-0.05, 0) is 77.0 Å². The number of esters is 1. The molecule has 6 aromatic heterocycles. The second kappa shape index (κ2) is 21.7. The van der Waals surface area contributed by atoms with Gasteiger partial charge in [0.25, 0.3) is 0 Å². The van der Waals surface area contributed by atoms with Crippen LogP contribution in [0.1, 0.15) is 42.6 Å². The molecule has 0 saturated carbocycles. The number of pyridine rings is 2. The van der Waals surface area contributed by atoms with Crippen molar-refractivity contribution >= 4 is 83.4 Å². The average Bonchev–Trinajstić information content (AvgIpc) is 4.15. The highest BCUT2D eigenvalue weighted by atomic mass is 79.9. The van der Waals surface area contributed by atoms with Crippen LogP contribution in [-0.2, 0) is 34.3 Å². The highest BCUT2D eigenvalue weighted by molar-refractivity contribution is 9.10. The summed E-state index contributed by atoms with van der Waals surface area (Å²) in [5.41, 5.74) is 3.39. The lowest BCUT2D eigenvalue weighted by Gasteiger charge is -2.42. The van der Waals surface area contributed by atoms with Crippen LogP contribution in [0.15, 0.2) is 72.2 Å². The number of methoxy groups -OCH3 is 1. The van der Waals surface area contributed by atoms with Crippen molar-refractivity contribution in [3.63, 3.8) is 0 Å². The van der Waals surface area contributed by atoms with Crippen LogP contribution < -0.4 is 19.6 Å². The van der Waals surface area contributed by atoms with Crippen LogP contribution in [-0.4, -0.2) is 139 Å². The molecule has 4 aliphatic heterocycles. The van der Waals surface area contributed by atoms with Gasteiger partial charge in [0.05, 0.1) is 24.5 Å². The largest absolute Gasteiger partial charge is 0.465 e. The van der Waals surface area contributed by atoms with E-state index in [2.05, 4.69) is 142 Å². The SMILES string of the molecule is COC(=O)c1cc(Br)cnc1N1C[C@H]2CCN(c3ncnc4c3ccn4COCC[Si](C)(C)C)C[C@@]2(C)C1.C[C@]12CN(c3ncccc3CO)C[C@H]1CCN(c1ncnc3c1ccn3COCC[Si](C)(C)C)C2. The number of rotatable bonds is 16. The molecule has 0 aliphatic carbocycles. The van der Waals surface area contributed by atoms with E-state index in [1.54, 1.807) is 24.9 Å². The minimum atomic E-state index is -1.12. The predicted molar refractivity (Wildman–Crippen MR) is 298 cm³/mol. The fourth-order valence-corrected chi connectivity index (χ4v) is 13.2. The quantitative estimate of drug-likeness (QED) is 0.0554. The Balaban J connectivity index is 0.000000180. The number of aliphatic hydroxyl groups excluding tert-OH is 1. The number of aromatic nitrogens is 8. The summed E-state index contributed by atoms with van der Waals surface area (Å²) in [7, 11) is -0.814. The van der Waals surface area contributed by atoms with Crippen LogP contribution in [0.5, 0.6) is 0 Å². The molecule has 4 saturated heterocycles. The molecule has 0 amide bonds. The van der Waals surface area contributed by atoms with Crippen molar-refractivity contribution in [2.24, 2.45) is 22.7 Å².